The zero-order chi connectivity index (χ0) is 17.1. The number of aromatic amines is 1. The number of rotatable bonds is 4. The standard InChI is InChI=1S/C18H15BrN4O/c1-11(2)24-16-6-4-3-5-12(16)7-13(9-20)17-22-15-8-14(19)10-21-18(15)23-17/h3-8,10-11H,1-2H3,(H,21,22,23)/b13-7+. The minimum Gasteiger partial charge on any atom is -0.490 e. The summed E-state index contributed by atoms with van der Waals surface area (Å²) in [6.45, 7) is 3.93. The SMILES string of the molecule is CC(C)Oc1ccccc1/C=C(\C#N)c1nc2ncc(Br)cc2[nH]1. The number of halogens is 1. The van der Waals surface area contributed by atoms with E-state index in [1.807, 2.05) is 44.2 Å². The molecule has 0 amide bonds. The Hall–Kier alpha value is -2.65. The van der Waals surface area contributed by atoms with Gasteiger partial charge in [-0.05, 0) is 48.0 Å². The Labute approximate surface area is 148 Å². The third-order valence-corrected chi connectivity index (χ3v) is 3.69. The highest BCUT2D eigenvalue weighted by Gasteiger charge is 2.11. The average molecular weight is 383 g/mol. The number of nitriles is 1. The molecule has 0 saturated heterocycles. The third-order valence-electron chi connectivity index (χ3n) is 3.26. The van der Waals surface area contributed by atoms with Crippen LogP contribution < -0.4 is 4.74 Å². The lowest BCUT2D eigenvalue weighted by molar-refractivity contribution is 0.242. The molecule has 2 aromatic heterocycles. The summed E-state index contributed by atoms with van der Waals surface area (Å²) in [5.74, 6) is 1.22. The molecule has 24 heavy (non-hydrogen) atoms. The van der Waals surface area contributed by atoms with E-state index in [9.17, 15) is 5.26 Å². The summed E-state index contributed by atoms with van der Waals surface area (Å²) >= 11 is 3.38. The van der Waals surface area contributed by atoms with Gasteiger partial charge >= 0.3 is 0 Å². The highest BCUT2D eigenvalue weighted by Crippen LogP contribution is 2.25. The normalized spacial score (nSPS) is 11.7. The summed E-state index contributed by atoms with van der Waals surface area (Å²) in [7, 11) is 0. The molecule has 6 heteroatoms. The van der Waals surface area contributed by atoms with Crippen LogP contribution >= 0.6 is 15.9 Å². The number of aromatic nitrogens is 3. The van der Waals surface area contributed by atoms with Gasteiger partial charge in [0.05, 0.1) is 17.2 Å². The van der Waals surface area contributed by atoms with Crippen LogP contribution in [0.1, 0.15) is 25.2 Å². The van der Waals surface area contributed by atoms with Crippen LogP contribution in [0.2, 0.25) is 0 Å². The van der Waals surface area contributed by atoms with Crippen molar-refractivity contribution in [2.75, 3.05) is 0 Å². The van der Waals surface area contributed by atoms with Gasteiger partial charge in [0.1, 0.15) is 11.8 Å². The van der Waals surface area contributed by atoms with Crippen molar-refractivity contribution in [3.05, 3.63) is 52.4 Å². The molecule has 3 rings (SSSR count). The van der Waals surface area contributed by atoms with Gasteiger partial charge in [0, 0.05) is 16.2 Å². The Kier molecular flexibility index (Phi) is 4.63. The van der Waals surface area contributed by atoms with Crippen LogP contribution in [0.25, 0.3) is 22.8 Å². The zero-order valence-corrected chi connectivity index (χ0v) is 14.8. The van der Waals surface area contributed by atoms with Crippen molar-refractivity contribution >= 4 is 38.7 Å². The molecule has 1 aromatic carbocycles. The van der Waals surface area contributed by atoms with E-state index in [0.717, 1.165) is 21.3 Å². The maximum atomic E-state index is 9.54. The van der Waals surface area contributed by atoms with E-state index in [2.05, 4.69) is 37.0 Å². The van der Waals surface area contributed by atoms with Gasteiger partial charge in [-0.15, -0.1) is 0 Å². The Morgan fingerprint density at radius 2 is 2.17 bits per heavy atom. The molecular formula is C18H15BrN4O. The maximum absolute atomic E-state index is 9.54. The number of benzene rings is 1. The molecule has 0 aliphatic carbocycles. The molecule has 0 atom stereocenters. The summed E-state index contributed by atoms with van der Waals surface area (Å²) in [5.41, 5.74) is 2.59. The fraction of sp³-hybridized carbons (Fsp3) is 0.167. The number of nitrogens with one attached hydrogen (secondary N) is 1. The van der Waals surface area contributed by atoms with Crippen LogP contribution in [0.3, 0.4) is 0 Å². The summed E-state index contributed by atoms with van der Waals surface area (Å²) in [5, 5.41) is 9.54. The molecule has 0 bridgehead atoms. The molecule has 0 spiro atoms. The molecule has 0 fully saturated rings. The lowest BCUT2D eigenvalue weighted by Crippen LogP contribution is -2.06. The quantitative estimate of drug-likeness (QED) is 0.670. The largest absolute Gasteiger partial charge is 0.490 e. The number of hydrogen-bond acceptors (Lipinski definition) is 4. The van der Waals surface area contributed by atoms with E-state index >= 15 is 0 Å². The van der Waals surface area contributed by atoms with Gasteiger partial charge in [-0.2, -0.15) is 5.26 Å². The Morgan fingerprint density at radius 1 is 1.38 bits per heavy atom. The number of imidazole rings is 1. The molecule has 120 valence electrons. The molecular weight excluding hydrogens is 368 g/mol. The minimum atomic E-state index is 0.0536. The van der Waals surface area contributed by atoms with Crippen LogP contribution in [0.5, 0.6) is 5.75 Å². The topological polar surface area (TPSA) is 74.6 Å². The highest BCUT2D eigenvalue weighted by molar-refractivity contribution is 9.10. The maximum Gasteiger partial charge on any atom is 0.178 e. The third kappa shape index (κ3) is 3.47. The van der Waals surface area contributed by atoms with Crippen molar-refractivity contribution in [2.24, 2.45) is 0 Å². The number of allylic oxidation sites excluding steroid dienone is 1. The van der Waals surface area contributed by atoms with E-state index < -0.39 is 0 Å². The molecule has 1 N–H and O–H groups in total. The highest BCUT2D eigenvalue weighted by atomic mass is 79.9. The number of nitrogens with zero attached hydrogens (tertiary/aromatic N) is 3. The molecule has 2 heterocycles. The number of para-hydroxylation sites is 1. The van der Waals surface area contributed by atoms with Gasteiger partial charge < -0.3 is 9.72 Å². The molecule has 0 aliphatic rings. The first-order valence-corrected chi connectivity index (χ1v) is 8.25. The van der Waals surface area contributed by atoms with Crippen molar-refractivity contribution in [3.63, 3.8) is 0 Å². The number of ether oxygens (including phenoxy) is 1. The van der Waals surface area contributed by atoms with Gasteiger partial charge in [0.2, 0.25) is 0 Å². The van der Waals surface area contributed by atoms with Gasteiger partial charge in [0.15, 0.2) is 11.5 Å². The summed E-state index contributed by atoms with van der Waals surface area (Å²) in [4.78, 5) is 11.8. The first-order valence-electron chi connectivity index (χ1n) is 7.46. The Morgan fingerprint density at radius 3 is 2.92 bits per heavy atom. The van der Waals surface area contributed by atoms with Gasteiger partial charge in [0.25, 0.3) is 0 Å². The number of fused-ring (bicyclic) bond motifs is 1. The molecule has 5 nitrogen and oxygen atoms in total. The smallest absolute Gasteiger partial charge is 0.178 e. The Bertz CT molecular complexity index is 953. The van der Waals surface area contributed by atoms with Crippen molar-refractivity contribution < 1.29 is 4.74 Å². The lowest BCUT2D eigenvalue weighted by atomic mass is 10.1. The molecule has 0 aliphatic heterocycles. The van der Waals surface area contributed by atoms with Crippen LogP contribution in [0.15, 0.2) is 41.0 Å². The monoisotopic (exact) mass is 382 g/mol. The molecule has 0 radical (unpaired) electrons. The number of H-pyrrole nitrogens is 1. The van der Waals surface area contributed by atoms with E-state index in [-0.39, 0.29) is 6.10 Å². The number of hydrogen-bond donors (Lipinski definition) is 1. The van der Waals surface area contributed by atoms with Crippen molar-refractivity contribution in [2.45, 2.75) is 20.0 Å². The van der Waals surface area contributed by atoms with Crippen molar-refractivity contribution in [3.8, 4) is 11.8 Å². The first kappa shape index (κ1) is 16.2. The van der Waals surface area contributed by atoms with Crippen molar-refractivity contribution in [1.29, 1.82) is 5.26 Å². The second-order valence-electron chi connectivity index (χ2n) is 5.48. The second kappa shape index (κ2) is 6.85. The summed E-state index contributed by atoms with van der Waals surface area (Å²) in [6.07, 6.45) is 3.50. The summed E-state index contributed by atoms with van der Waals surface area (Å²) < 4.78 is 6.65. The predicted octanol–water partition coefficient (Wildman–Crippen LogP) is 4.57. The van der Waals surface area contributed by atoms with Crippen LogP contribution in [0, 0.1) is 11.3 Å². The lowest BCUT2D eigenvalue weighted by Gasteiger charge is -2.12. The van der Waals surface area contributed by atoms with Gasteiger partial charge in [-0.25, -0.2) is 9.97 Å². The minimum absolute atomic E-state index is 0.0536. The van der Waals surface area contributed by atoms with Crippen molar-refractivity contribution in [1.82, 2.24) is 15.0 Å². The fourth-order valence-electron chi connectivity index (χ4n) is 2.27. The van der Waals surface area contributed by atoms with E-state index in [1.165, 1.54) is 0 Å². The van der Waals surface area contributed by atoms with E-state index in [4.69, 9.17) is 4.74 Å². The zero-order valence-electron chi connectivity index (χ0n) is 13.2. The van der Waals surface area contributed by atoms with Crippen LogP contribution in [-0.2, 0) is 0 Å². The first-order chi connectivity index (χ1) is 11.6. The summed E-state index contributed by atoms with van der Waals surface area (Å²) in [6, 6.07) is 11.7. The van der Waals surface area contributed by atoms with E-state index in [0.29, 0.717) is 17.0 Å². The second-order valence-corrected chi connectivity index (χ2v) is 6.40. The average Bonchev–Trinajstić information content (AvgIpc) is 2.96. The van der Waals surface area contributed by atoms with Gasteiger partial charge in [-0.3, -0.25) is 0 Å². The van der Waals surface area contributed by atoms with Crippen LogP contribution in [-0.4, -0.2) is 21.1 Å². The van der Waals surface area contributed by atoms with E-state index in [1.54, 1.807) is 12.3 Å². The fourth-order valence-corrected chi connectivity index (χ4v) is 2.60. The number of pyridine rings is 1. The van der Waals surface area contributed by atoms with Crippen LogP contribution in [0.4, 0.5) is 0 Å². The molecule has 0 saturated carbocycles. The predicted molar refractivity (Wildman–Crippen MR) is 97.3 cm³/mol. The Balaban J connectivity index is 2.05. The molecule has 3 aromatic rings. The molecule has 0 unspecified atom stereocenters. The van der Waals surface area contributed by atoms with Gasteiger partial charge in [-0.1, -0.05) is 18.2 Å².